The quantitative estimate of drug-likeness (QED) is 0.805. The van der Waals surface area contributed by atoms with Gasteiger partial charge in [-0.15, -0.1) is 0 Å². The van der Waals surface area contributed by atoms with Crippen molar-refractivity contribution in [3.05, 3.63) is 17.8 Å². The molecule has 1 saturated heterocycles. The summed E-state index contributed by atoms with van der Waals surface area (Å²) >= 11 is 0. The van der Waals surface area contributed by atoms with Gasteiger partial charge in [-0.05, 0) is 50.7 Å². The smallest absolute Gasteiger partial charge is 0.129 e. The topological polar surface area (TPSA) is 37.4 Å². The summed E-state index contributed by atoms with van der Waals surface area (Å²) in [7, 11) is 0. The lowest BCUT2D eigenvalue weighted by molar-refractivity contribution is -0.0287. The van der Waals surface area contributed by atoms with Gasteiger partial charge in [-0.25, -0.2) is 4.98 Å². The molecule has 2 atom stereocenters. The van der Waals surface area contributed by atoms with Crippen molar-refractivity contribution in [2.45, 2.75) is 77.9 Å². The zero-order chi connectivity index (χ0) is 17.6. The molecule has 2 aliphatic rings. The summed E-state index contributed by atoms with van der Waals surface area (Å²) in [5, 5.41) is 3.65. The first kappa shape index (κ1) is 18.5. The molecule has 3 rings (SSSR count). The van der Waals surface area contributed by atoms with Crippen LogP contribution in [0.2, 0.25) is 0 Å². The summed E-state index contributed by atoms with van der Waals surface area (Å²) in [6.45, 7) is 9.54. The molecule has 2 fully saturated rings. The number of aryl methyl sites for hydroxylation is 1. The minimum absolute atomic E-state index is 0.324. The number of hydrogen-bond acceptors (Lipinski definition) is 4. The third-order valence-electron chi connectivity index (χ3n) is 5.84. The van der Waals surface area contributed by atoms with Crippen LogP contribution in [0.25, 0.3) is 0 Å². The monoisotopic (exact) mass is 345 g/mol. The van der Waals surface area contributed by atoms with Gasteiger partial charge in [-0.1, -0.05) is 33.1 Å². The van der Waals surface area contributed by atoms with Crippen LogP contribution < -0.4 is 10.2 Å². The fourth-order valence-corrected chi connectivity index (χ4v) is 4.12. The average molecular weight is 346 g/mol. The van der Waals surface area contributed by atoms with Crippen molar-refractivity contribution in [2.75, 3.05) is 29.9 Å². The molecule has 1 aliphatic carbocycles. The van der Waals surface area contributed by atoms with Crippen molar-refractivity contribution < 1.29 is 4.74 Å². The first-order valence-corrected chi connectivity index (χ1v) is 10.3. The van der Waals surface area contributed by atoms with E-state index in [9.17, 15) is 0 Å². The molecule has 2 heterocycles. The predicted octanol–water partition coefficient (Wildman–Crippen LogP) is 4.78. The fraction of sp³-hybridized carbons (Fsp3) is 0.762. The Hall–Kier alpha value is -1.29. The Morgan fingerprint density at radius 2 is 1.76 bits per heavy atom. The number of ether oxygens (including phenoxy) is 1. The fourth-order valence-electron chi connectivity index (χ4n) is 4.12. The third-order valence-corrected chi connectivity index (χ3v) is 5.84. The minimum atomic E-state index is 0.324. The van der Waals surface area contributed by atoms with Crippen LogP contribution in [-0.2, 0) is 4.74 Å². The van der Waals surface area contributed by atoms with Gasteiger partial charge in [-0.3, -0.25) is 0 Å². The summed E-state index contributed by atoms with van der Waals surface area (Å²) < 4.78 is 6.11. The number of rotatable bonds is 6. The first-order chi connectivity index (χ1) is 12.2. The highest BCUT2D eigenvalue weighted by molar-refractivity contribution is 5.53. The Morgan fingerprint density at radius 1 is 1.08 bits per heavy atom. The predicted molar refractivity (Wildman–Crippen MR) is 105 cm³/mol. The second kappa shape index (κ2) is 8.88. The maximum atomic E-state index is 6.11. The summed E-state index contributed by atoms with van der Waals surface area (Å²) in [6.07, 6.45) is 9.75. The lowest BCUT2D eigenvalue weighted by Gasteiger charge is -2.38. The van der Waals surface area contributed by atoms with Crippen molar-refractivity contribution >= 4 is 11.5 Å². The van der Waals surface area contributed by atoms with Crippen LogP contribution in [0.3, 0.4) is 0 Å². The SMILES string of the molecule is CCC1CN(c2ccc(NCC3CCCCC3)c(C)n2)CC(CC)O1. The number of hydrogen-bond donors (Lipinski definition) is 1. The Kier molecular flexibility index (Phi) is 6.57. The highest BCUT2D eigenvalue weighted by Gasteiger charge is 2.26. The molecule has 140 valence electrons. The van der Waals surface area contributed by atoms with E-state index < -0.39 is 0 Å². The highest BCUT2D eigenvalue weighted by atomic mass is 16.5. The van der Waals surface area contributed by atoms with Crippen LogP contribution in [0.1, 0.15) is 64.5 Å². The van der Waals surface area contributed by atoms with E-state index in [1.807, 2.05) is 0 Å². The van der Waals surface area contributed by atoms with E-state index in [0.717, 1.165) is 49.9 Å². The summed E-state index contributed by atoms with van der Waals surface area (Å²) in [5.41, 5.74) is 2.31. The second-order valence-electron chi connectivity index (χ2n) is 7.79. The lowest BCUT2D eigenvalue weighted by Crippen LogP contribution is -2.47. The van der Waals surface area contributed by atoms with Crippen LogP contribution in [0, 0.1) is 12.8 Å². The van der Waals surface area contributed by atoms with E-state index in [-0.39, 0.29) is 0 Å². The standard InChI is InChI=1S/C21H35N3O/c1-4-18-14-24(15-19(5-2)25-18)21-12-11-20(16(3)23-21)22-13-17-9-7-6-8-10-17/h11-12,17-19,22H,4-10,13-15H2,1-3H3. The van der Waals surface area contributed by atoms with Gasteiger partial charge in [0.05, 0.1) is 23.6 Å². The lowest BCUT2D eigenvalue weighted by atomic mass is 9.89. The normalized spacial score (nSPS) is 25.2. The van der Waals surface area contributed by atoms with Crippen LogP contribution in [-0.4, -0.2) is 36.8 Å². The molecular weight excluding hydrogens is 310 g/mol. The van der Waals surface area contributed by atoms with Gasteiger partial charge in [0.25, 0.3) is 0 Å². The zero-order valence-electron chi connectivity index (χ0n) is 16.3. The molecule has 0 amide bonds. The summed E-state index contributed by atoms with van der Waals surface area (Å²) in [5.74, 6) is 1.93. The molecule has 1 N–H and O–H groups in total. The molecule has 1 aliphatic heterocycles. The van der Waals surface area contributed by atoms with Gasteiger partial charge in [0.15, 0.2) is 0 Å². The second-order valence-corrected chi connectivity index (χ2v) is 7.79. The van der Waals surface area contributed by atoms with Crippen molar-refractivity contribution in [3.63, 3.8) is 0 Å². The Balaban J connectivity index is 1.62. The average Bonchev–Trinajstić information content (AvgIpc) is 2.67. The molecule has 0 aromatic carbocycles. The van der Waals surface area contributed by atoms with Gasteiger partial charge in [0.1, 0.15) is 5.82 Å². The van der Waals surface area contributed by atoms with Crippen LogP contribution in [0.15, 0.2) is 12.1 Å². The van der Waals surface area contributed by atoms with Gasteiger partial charge in [0.2, 0.25) is 0 Å². The molecule has 4 heteroatoms. The Labute approximate surface area is 153 Å². The molecule has 25 heavy (non-hydrogen) atoms. The van der Waals surface area contributed by atoms with E-state index in [4.69, 9.17) is 9.72 Å². The number of nitrogens with zero attached hydrogens (tertiary/aromatic N) is 2. The molecule has 2 unspecified atom stereocenters. The number of anilines is 2. The van der Waals surface area contributed by atoms with Crippen molar-refractivity contribution in [2.24, 2.45) is 5.92 Å². The summed E-state index contributed by atoms with van der Waals surface area (Å²) in [4.78, 5) is 7.31. The first-order valence-electron chi connectivity index (χ1n) is 10.3. The van der Waals surface area contributed by atoms with Gasteiger partial charge < -0.3 is 15.0 Å². The molecule has 4 nitrogen and oxygen atoms in total. The van der Waals surface area contributed by atoms with Crippen molar-refractivity contribution in [1.82, 2.24) is 4.98 Å². The largest absolute Gasteiger partial charge is 0.383 e. The van der Waals surface area contributed by atoms with Crippen molar-refractivity contribution in [3.8, 4) is 0 Å². The van der Waals surface area contributed by atoms with E-state index in [1.54, 1.807) is 0 Å². The van der Waals surface area contributed by atoms with Crippen LogP contribution in [0.5, 0.6) is 0 Å². The van der Waals surface area contributed by atoms with Crippen LogP contribution in [0.4, 0.5) is 11.5 Å². The highest BCUT2D eigenvalue weighted by Crippen LogP contribution is 2.26. The van der Waals surface area contributed by atoms with E-state index in [0.29, 0.717) is 12.2 Å². The zero-order valence-corrected chi connectivity index (χ0v) is 16.3. The van der Waals surface area contributed by atoms with Gasteiger partial charge in [-0.2, -0.15) is 0 Å². The molecular formula is C21H35N3O. The van der Waals surface area contributed by atoms with Crippen molar-refractivity contribution in [1.29, 1.82) is 0 Å². The van der Waals surface area contributed by atoms with Crippen LogP contribution >= 0.6 is 0 Å². The molecule has 1 aromatic heterocycles. The number of nitrogens with one attached hydrogen (secondary N) is 1. The van der Waals surface area contributed by atoms with E-state index in [1.165, 1.54) is 37.8 Å². The Bertz CT molecular complexity index is 530. The molecule has 1 saturated carbocycles. The summed E-state index contributed by atoms with van der Waals surface area (Å²) in [6, 6.07) is 4.40. The molecule has 0 bridgehead atoms. The number of pyridine rings is 1. The Morgan fingerprint density at radius 3 is 2.36 bits per heavy atom. The molecule has 0 radical (unpaired) electrons. The molecule has 0 spiro atoms. The van der Waals surface area contributed by atoms with Gasteiger partial charge in [0, 0.05) is 19.6 Å². The number of aromatic nitrogens is 1. The van der Waals surface area contributed by atoms with E-state index >= 15 is 0 Å². The number of morpholine rings is 1. The maximum absolute atomic E-state index is 6.11. The third kappa shape index (κ3) is 4.87. The van der Waals surface area contributed by atoms with E-state index in [2.05, 4.69) is 43.1 Å². The maximum Gasteiger partial charge on any atom is 0.129 e. The minimum Gasteiger partial charge on any atom is -0.383 e. The van der Waals surface area contributed by atoms with Gasteiger partial charge >= 0.3 is 0 Å². The molecule has 1 aromatic rings.